The molecular weight excluding hydrogens is 278 g/mol. The van der Waals surface area contributed by atoms with Crippen LogP contribution in [0, 0.1) is 5.92 Å². The van der Waals surface area contributed by atoms with Crippen LogP contribution in [-0.4, -0.2) is 53.2 Å². The van der Waals surface area contributed by atoms with E-state index in [1.807, 2.05) is 24.3 Å². The molecule has 0 aromatic carbocycles. The molecule has 1 aliphatic carbocycles. The van der Waals surface area contributed by atoms with Gasteiger partial charge in [0.25, 0.3) is 5.91 Å². The van der Waals surface area contributed by atoms with E-state index in [0.717, 1.165) is 18.8 Å². The van der Waals surface area contributed by atoms with Gasteiger partial charge in [-0.05, 0) is 33.8 Å². The maximum Gasteiger partial charge on any atom is 0.260 e. The molecule has 1 amide bonds. The van der Waals surface area contributed by atoms with E-state index in [-0.39, 0.29) is 29.6 Å². The number of amides is 1. The first-order chi connectivity index (χ1) is 10.4. The average Bonchev–Trinajstić information content (AvgIpc) is 2.44. The highest BCUT2D eigenvalue weighted by atomic mass is 16.5. The molecule has 118 valence electrons. The van der Waals surface area contributed by atoms with Gasteiger partial charge in [0.2, 0.25) is 0 Å². The van der Waals surface area contributed by atoms with Gasteiger partial charge in [0.15, 0.2) is 0 Å². The summed E-state index contributed by atoms with van der Waals surface area (Å²) in [4.78, 5) is 23.4. The molecule has 0 aromatic rings. The van der Waals surface area contributed by atoms with Crippen molar-refractivity contribution in [2.45, 2.75) is 45.4 Å². The summed E-state index contributed by atoms with van der Waals surface area (Å²) >= 11 is 0. The number of amidine groups is 1. The highest BCUT2D eigenvalue weighted by molar-refractivity contribution is 6.22. The van der Waals surface area contributed by atoms with Crippen molar-refractivity contribution in [3.05, 3.63) is 24.3 Å². The fourth-order valence-corrected chi connectivity index (χ4v) is 3.34. The van der Waals surface area contributed by atoms with Gasteiger partial charge in [-0.25, -0.2) is 4.99 Å². The first kappa shape index (κ1) is 15.3. The second-order valence-corrected chi connectivity index (χ2v) is 6.86. The molecule has 0 N–H and O–H groups in total. The summed E-state index contributed by atoms with van der Waals surface area (Å²) in [7, 11) is 0. The number of aliphatic imine (C=N–C) groups is 2. The molecule has 2 heterocycles. The van der Waals surface area contributed by atoms with Gasteiger partial charge in [-0.2, -0.15) is 4.99 Å². The maximum absolute atomic E-state index is 12.2. The maximum atomic E-state index is 12.2. The largest absolute Gasteiger partial charge is 0.370 e. The Morgan fingerprint density at radius 3 is 2.86 bits per heavy atom. The summed E-state index contributed by atoms with van der Waals surface area (Å²) in [6.45, 7) is 9.94. The van der Waals surface area contributed by atoms with Crippen LogP contribution in [0.15, 0.2) is 34.3 Å². The quantitative estimate of drug-likeness (QED) is 0.784. The number of rotatable bonds is 2. The first-order valence-corrected chi connectivity index (χ1v) is 7.83. The van der Waals surface area contributed by atoms with Crippen molar-refractivity contribution in [1.82, 2.24) is 4.90 Å². The van der Waals surface area contributed by atoms with Crippen molar-refractivity contribution in [3.8, 4) is 0 Å². The Hall–Kier alpha value is -1.59. The standard InChI is InChI=1S/C17H23N3O2/c1-11-9-20(10-17(3,4)22-11)12(2)15-18-14-8-6-5-7-13(14)16(21)19-15/h5-8,11-13H,9-10H2,1-4H3. The Morgan fingerprint density at radius 2 is 2.14 bits per heavy atom. The van der Waals surface area contributed by atoms with Crippen molar-refractivity contribution < 1.29 is 9.53 Å². The fraction of sp³-hybridized carbons (Fsp3) is 0.588. The third kappa shape index (κ3) is 2.96. The second kappa shape index (κ2) is 5.56. The van der Waals surface area contributed by atoms with Crippen LogP contribution >= 0.6 is 0 Å². The molecule has 3 rings (SSSR count). The molecule has 5 nitrogen and oxygen atoms in total. The normalized spacial score (nSPS) is 32.3. The lowest BCUT2D eigenvalue weighted by atomic mass is 9.96. The van der Waals surface area contributed by atoms with Crippen molar-refractivity contribution in [2.24, 2.45) is 15.9 Å². The van der Waals surface area contributed by atoms with E-state index in [9.17, 15) is 4.79 Å². The van der Waals surface area contributed by atoms with Gasteiger partial charge < -0.3 is 4.74 Å². The number of hydrogen-bond acceptors (Lipinski definition) is 4. The number of ether oxygens (including phenoxy) is 1. The zero-order chi connectivity index (χ0) is 15.9. The Kier molecular flexibility index (Phi) is 3.87. The van der Waals surface area contributed by atoms with Gasteiger partial charge in [-0.1, -0.05) is 18.2 Å². The summed E-state index contributed by atoms with van der Waals surface area (Å²) in [5, 5.41) is 0. The van der Waals surface area contributed by atoms with E-state index in [4.69, 9.17) is 4.74 Å². The Labute approximate surface area is 131 Å². The van der Waals surface area contributed by atoms with E-state index < -0.39 is 0 Å². The lowest BCUT2D eigenvalue weighted by Gasteiger charge is -2.44. The van der Waals surface area contributed by atoms with Crippen molar-refractivity contribution in [3.63, 3.8) is 0 Å². The average molecular weight is 301 g/mol. The molecule has 0 aromatic heterocycles. The summed E-state index contributed by atoms with van der Waals surface area (Å²) in [5.74, 6) is 0.190. The van der Waals surface area contributed by atoms with Crippen LogP contribution in [0.25, 0.3) is 0 Å². The molecule has 3 aliphatic rings. The van der Waals surface area contributed by atoms with Crippen LogP contribution in [0.2, 0.25) is 0 Å². The zero-order valence-electron chi connectivity index (χ0n) is 13.6. The molecule has 1 fully saturated rings. The van der Waals surface area contributed by atoms with Crippen LogP contribution in [0.4, 0.5) is 0 Å². The molecule has 2 aliphatic heterocycles. The van der Waals surface area contributed by atoms with E-state index in [1.165, 1.54) is 0 Å². The highest BCUT2D eigenvalue weighted by Crippen LogP contribution is 2.24. The van der Waals surface area contributed by atoms with E-state index in [2.05, 4.69) is 42.6 Å². The SMILES string of the molecule is CC1CN(C(C)C2=NC(=O)C3C=CC=CC3=N2)CC(C)(C)O1. The monoisotopic (exact) mass is 301 g/mol. The first-order valence-electron chi connectivity index (χ1n) is 7.83. The van der Waals surface area contributed by atoms with Gasteiger partial charge in [0.1, 0.15) is 11.8 Å². The highest BCUT2D eigenvalue weighted by Gasteiger charge is 2.36. The van der Waals surface area contributed by atoms with Crippen LogP contribution < -0.4 is 0 Å². The van der Waals surface area contributed by atoms with Crippen LogP contribution in [0.5, 0.6) is 0 Å². The van der Waals surface area contributed by atoms with Gasteiger partial charge in [0.05, 0.1) is 23.5 Å². The van der Waals surface area contributed by atoms with Crippen molar-refractivity contribution in [1.29, 1.82) is 0 Å². The van der Waals surface area contributed by atoms with E-state index >= 15 is 0 Å². The van der Waals surface area contributed by atoms with Crippen LogP contribution in [0.3, 0.4) is 0 Å². The molecule has 0 bridgehead atoms. The lowest BCUT2D eigenvalue weighted by molar-refractivity contribution is -0.131. The molecular formula is C17H23N3O2. The molecule has 3 unspecified atom stereocenters. The van der Waals surface area contributed by atoms with Crippen molar-refractivity contribution in [2.75, 3.05) is 13.1 Å². The third-order valence-corrected chi connectivity index (χ3v) is 4.25. The van der Waals surface area contributed by atoms with Gasteiger partial charge >= 0.3 is 0 Å². The summed E-state index contributed by atoms with van der Waals surface area (Å²) in [5.41, 5.74) is 0.596. The number of allylic oxidation sites excluding steroid dienone is 3. The van der Waals surface area contributed by atoms with E-state index in [1.54, 1.807) is 0 Å². The van der Waals surface area contributed by atoms with Gasteiger partial charge in [-0.15, -0.1) is 0 Å². The predicted octanol–water partition coefficient (Wildman–Crippen LogP) is 2.00. The van der Waals surface area contributed by atoms with Crippen LogP contribution in [0.1, 0.15) is 27.7 Å². The van der Waals surface area contributed by atoms with E-state index in [0.29, 0.717) is 5.84 Å². The van der Waals surface area contributed by atoms with Crippen LogP contribution in [-0.2, 0) is 9.53 Å². The Bertz CT molecular complexity index is 601. The van der Waals surface area contributed by atoms with Gasteiger partial charge in [0, 0.05) is 13.1 Å². The van der Waals surface area contributed by atoms with Gasteiger partial charge in [-0.3, -0.25) is 9.69 Å². The molecule has 3 atom stereocenters. The lowest BCUT2D eigenvalue weighted by Crippen LogP contribution is -2.56. The molecule has 5 heteroatoms. The smallest absolute Gasteiger partial charge is 0.260 e. The molecule has 1 saturated heterocycles. The molecule has 22 heavy (non-hydrogen) atoms. The number of nitrogens with zero attached hydrogens (tertiary/aromatic N) is 3. The number of hydrogen-bond donors (Lipinski definition) is 0. The summed E-state index contributed by atoms with van der Waals surface area (Å²) in [6, 6.07) is 0.00216. The fourth-order valence-electron chi connectivity index (χ4n) is 3.34. The molecule has 0 saturated carbocycles. The third-order valence-electron chi connectivity index (χ3n) is 4.25. The number of fused-ring (bicyclic) bond motifs is 1. The topological polar surface area (TPSA) is 54.3 Å². The number of carbonyl (C=O) groups excluding carboxylic acids is 1. The zero-order valence-corrected chi connectivity index (χ0v) is 13.6. The summed E-state index contributed by atoms with van der Waals surface area (Å²) in [6.07, 6.45) is 7.69. The minimum Gasteiger partial charge on any atom is -0.370 e. The second-order valence-electron chi connectivity index (χ2n) is 6.86. The minimum absolute atomic E-state index is 0.00216. The number of morpholine rings is 1. The Morgan fingerprint density at radius 1 is 1.36 bits per heavy atom. The summed E-state index contributed by atoms with van der Waals surface area (Å²) < 4.78 is 5.94. The minimum atomic E-state index is -0.305. The number of carbonyl (C=O) groups is 1. The predicted molar refractivity (Wildman–Crippen MR) is 87.3 cm³/mol. The van der Waals surface area contributed by atoms with Crippen molar-refractivity contribution >= 4 is 17.5 Å². The molecule has 0 spiro atoms. The Balaban J connectivity index is 1.82. The molecule has 0 radical (unpaired) electrons.